The van der Waals surface area contributed by atoms with Crippen LogP contribution in [0.3, 0.4) is 0 Å². The summed E-state index contributed by atoms with van der Waals surface area (Å²) >= 11 is 0. The molecule has 1 aliphatic heterocycles. The second-order valence-electron chi connectivity index (χ2n) is 4.77. The Labute approximate surface area is 102 Å². The van der Waals surface area contributed by atoms with Crippen LogP contribution in [-0.4, -0.2) is 50.8 Å². The minimum atomic E-state index is 0.590. The third kappa shape index (κ3) is 3.74. The topological polar surface area (TPSA) is 58.9 Å². The van der Waals surface area contributed by atoms with E-state index in [2.05, 4.69) is 32.6 Å². The van der Waals surface area contributed by atoms with Crippen molar-refractivity contribution in [2.75, 3.05) is 19.6 Å². The minimum Gasteiger partial charge on any atom is -0.308 e. The first kappa shape index (κ1) is 12.4. The Bertz CT molecular complexity index is 330. The quantitative estimate of drug-likeness (QED) is 0.792. The van der Waals surface area contributed by atoms with Gasteiger partial charge in [0.15, 0.2) is 5.82 Å². The highest BCUT2D eigenvalue weighted by molar-refractivity contribution is 4.78. The van der Waals surface area contributed by atoms with E-state index in [4.69, 9.17) is 0 Å². The van der Waals surface area contributed by atoms with Crippen LogP contribution in [0.2, 0.25) is 0 Å². The molecule has 0 radical (unpaired) electrons. The molecule has 0 amide bonds. The highest BCUT2D eigenvalue weighted by Gasteiger charge is 2.16. The molecule has 1 atom stereocenters. The maximum atomic E-state index is 4.14. The van der Waals surface area contributed by atoms with Gasteiger partial charge < -0.3 is 5.32 Å². The molecular weight excluding hydrogens is 216 g/mol. The van der Waals surface area contributed by atoms with E-state index in [1.807, 2.05) is 0 Å². The Morgan fingerprint density at radius 1 is 1.29 bits per heavy atom. The lowest BCUT2D eigenvalue weighted by Crippen LogP contribution is -2.43. The lowest BCUT2D eigenvalue weighted by molar-refractivity contribution is 0.170. The number of nitrogens with one attached hydrogen (secondary N) is 1. The largest absolute Gasteiger partial charge is 0.308 e. The maximum absolute atomic E-state index is 4.14. The standard InChI is InChI=1S/C11H22N6/c1-10(17-6-4-3-5-7-17)8-12-9-11-13-15-16(2)14-11/h10,12H,3-9H2,1-2H3. The molecule has 0 aliphatic carbocycles. The van der Waals surface area contributed by atoms with E-state index < -0.39 is 0 Å². The van der Waals surface area contributed by atoms with Crippen molar-refractivity contribution in [3.63, 3.8) is 0 Å². The molecular formula is C11H22N6. The molecule has 1 unspecified atom stereocenters. The van der Waals surface area contributed by atoms with Gasteiger partial charge in [-0.3, -0.25) is 4.90 Å². The number of rotatable bonds is 5. The Morgan fingerprint density at radius 2 is 2.06 bits per heavy atom. The number of aryl methyl sites for hydroxylation is 1. The monoisotopic (exact) mass is 238 g/mol. The predicted octanol–water partition coefficient (Wildman–Crippen LogP) is 0.174. The van der Waals surface area contributed by atoms with Crippen LogP contribution in [0.25, 0.3) is 0 Å². The molecule has 6 nitrogen and oxygen atoms in total. The molecule has 1 saturated heterocycles. The van der Waals surface area contributed by atoms with Gasteiger partial charge in [-0.15, -0.1) is 10.2 Å². The minimum absolute atomic E-state index is 0.590. The fraction of sp³-hybridized carbons (Fsp3) is 0.909. The van der Waals surface area contributed by atoms with Crippen molar-refractivity contribution in [3.8, 4) is 0 Å². The molecule has 0 spiro atoms. The van der Waals surface area contributed by atoms with Crippen molar-refractivity contribution in [1.29, 1.82) is 0 Å². The van der Waals surface area contributed by atoms with E-state index in [-0.39, 0.29) is 0 Å². The van der Waals surface area contributed by atoms with Crippen molar-refractivity contribution in [2.24, 2.45) is 7.05 Å². The van der Waals surface area contributed by atoms with Crippen LogP contribution in [0.4, 0.5) is 0 Å². The van der Waals surface area contributed by atoms with Gasteiger partial charge in [0, 0.05) is 12.6 Å². The smallest absolute Gasteiger partial charge is 0.188 e. The molecule has 1 fully saturated rings. The molecule has 6 heteroatoms. The van der Waals surface area contributed by atoms with Gasteiger partial charge in [-0.1, -0.05) is 6.42 Å². The second-order valence-corrected chi connectivity index (χ2v) is 4.77. The van der Waals surface area contributed by atoms with Crippen LogP contribution in [0, 0.1) is 0 Å². The van der Waals surface area contributed by atoms with Gasteiger partial charge in [-0.25, -0.2) is 0 Å². The summed E-state index contributed by atoms with van der Waals surface area (Å²) in [6.07, 6.45) is 4.08. The lowest BCUT2D eigenvalue weighted by atomic mass is 10.1. The fourth-order valence-electron chi connectivity index (χ4n) is 2.28. The van der Waals surface area contributed by atoms with Crippen LogP contribution in [0.15, 0.2) is 0 Å². The lowest BCUT2D eigenvalue weighted by Gasteiger charge is -2.32. The average molecular weight is 238 g/mol. The van der Waals surface area contributed by atoms with Crippen molar-refractivity contribution in [1.82, 2.24) is 30.4 Å². The fourth-order valence-corrected chi connectivity index (χ4v) is 2.28. The zero-order valence-electron chi connectivity index (χ0n) is 10.8. The summed E-state index contributed by atoms with van der Waals surface area (Å²) < 4.78 is 0. The molecule has 17 heavy (non-hydrogen) atoms. The van der Waals surface area contributed by atoms with Crippen LogP contribution in [-0.2, 0) is 13.6 Å². The van der Waals surface area contributed by atoms with Crippen LogP contribution in [0.1, 0.15) is 32.0 Å². The number of piperidine rings is 1. The summed E-state index contributed by atoms with van der Waals surface area (Å²) in [4.78, 5) is 4.05. The zero-order valence-corrected chi connectivity index (χ0v) is 10.8. The van der Waals surface area contributed by atoms with Gasteiger partial charge in [-0.2, -0.15) is 4.80 Å². The van der Waals surface area contributed by atoms with Crippen molar-refractivity contribution >= 4 is 0 Å². The zero-order chi connectivity index (χ0) is 12.1. The van der Waals surface area contributed by atoms with E-state index in [0.29, 0.717) is 12.6 Å². The number of aromatic nitrogens is 4. The Morgan fingerprint density at radius 3 is 2.71 bits per heavy atom. The highest BCUT2D eigenvalue weighted by atomic mass is 15.6. The maximum Gasteiger partial charge on any atom is 0.188 e. The molecule has 0 aromatic carbocycles. The first-order chi connectivity index (χ1) is 8.25. The summed E-state index contributed by atoms with van der Waals surface area (Å²) in [5, 5.41) is 15.3. The van der Waals surface area contributed by atoms with E-state index >= 15 is 0 Å². The van der Waals surface area contributed by atoms with Gasteiger partial charge in [-0.05, 0) is 38.1 Å². The predicted molar refractivity (Wildman–Crippen MR) is 65.4 cm³/mol. The number of tetrazole rings is 1. The van der Waals surface area contributed by atoms with Gasteiger partial charge >= 0.3 is 0 Å². The highest BCUT2D eigenvalue weighted by Crippen LogP contribution is 2.11. The molecule has 0 saturated carbocycles. The van der Waals surface area contributed by atoms with E-state index in [0.717, 1.165) is 12.4 Å². The summed E-state index contributed by atoms with van der Waals surface area (Å²) in [6, 6.07) is 0.590. The Hall–Kier alpha value is -1.01. The molecule has 2 heterocycles. The summed E-state index contributed by atoms with van der Waals surface area (Å²) in [5.41, 5.74) is 0. The normalized spacial score (nSPS) is 19.4. The molecule has 2 rings (SSSR count). The summed E-state index contributed by atoms with van der Waals surface area (Å²) in [7, 11) is 1.78. The Kier molecular flexibility index (Phi) is 4.44. The van der Waals surface area contributed by atoms with E-state index in [1.165, 1.54) is 37.1 Å². The summed E-state index contributed by atoms with van der Waals surface area (Å²) in [5.74, 6) is 0.762. The van der Waals surface area contributed by atoms with Crippen molar-refractivity contribution in [3.05, 3.63) is 5.82 Å². The first-order valence-electron chi connectivity index (χ1n) is 6.43. The molecule has 1 aromatic rings. The third-order valence-corrected chi connectivity index (χ3v) is 3.29. The molecule has 1 N–H and O–H groups in total. The number of likely N-dealkylation sites (tertiary alicyclic amines) is 1. The molecule has 0 bridgehead atoms. The van der Waals surface area contributed by atoms with E-state index in [9.17, 15) is 0 Å². The first-order valence-corrected chi connectivity index (χ1v) is 6.43. The van der Waals surface area contributed by atoms with Crippen LogP contribution < -0.4 is 5.32 Å². The Balaban J connectivity index is 1.67. The molecule has 96 valence electrons. The van der Waals surface area contributed by atoms with E-state index in [1.54, 1.807) is 7.05 Å². The van der Waals surface area contributed by atoms with Crippen molar-refractivity contribution in [2.45, 2.75) is 38.8 Å². The van der Waals surface area contributed by atoms with Gasteiger partial charge in [0.05, 0.1) is 13.6 Å². The molecule has 1 aromatic heterocycles. The second kappa shape index (κ2) is 6.07. The van der Waals surface area contributed by atoms with Gasteiger partial charge in [0.2, 0.25) is 0 Å². The van der Waals surface area contributed by atoms with Crippen LogP contribution >= 0.6 is 0 Å². The summed E-state index contributed by atoms with van der Waals surface area (Å²) in [6.45, 7) is 6.45. The third-order valence-electron chi connectivity index (χ3n) is 3.29. The van der Waals surface area contributed by atoms with Crippen LogP contribution in [0.5, 0.6) is 0 Å². The number of hydrogen-bond donors (Lipinski definition) is 1. The van der Waals surface area contributed by atoms with Gasteiger partial charge in [0.25, 0.3) is 0 Å². The number of nitrogens with zero attached hydrogens (tertiary/aromatic N) is 5. The number of hydrogen-bond acceptors (Lipinski definition) is 5. The SMILES string of the molecule is CC(CNCc1nnn(C)n1)N1CCCCC1. The average Bonchev–Trinajstić information content (AvgIpc) is 2.76. The molecule has 1 aliphatic rings. The van der Waals surface area contributed by atoms with Gasteiger partial charge in [0.1, 0.15) is 0 Å². The van der Waals surface area contributed by atoms with Crippen molar-refractivity contribution < 1.29 is 0 Å².